The fraction of sp³-hybridized carbons (Fsp3) is 0.900. The van der Waals surface area contributed by atoms with Crippen LogP contribution in [0.15, 0.2) is 0 Å². The lowest BCUT2D eigenvalue weighted by molar-refractivity contribution is -0.957. The summed E-state index contributed by atoms with van der Waals surface area (Å²) in [6, 6.07) is 0. The first-order valence-corrected chi connectivity index (χ1v) is 4.70. The molecule has 3 nitrogen and oxygen atoms in total. The topological polar surface area (TPSA) is 40.1 Å². The molecule has 1 rings (SSSR count). The van der Waals surface area contributed by atoms with Gasteiger partial charge in [-0.2, -0.15) is 0 Å². The van der Waals surface area contributed by atoms with E-state index in [-0.39, 0.29) is 10.4 Å². The minimum absolute atomic E-state index is 0.210. The highest BCUT2D eigenvalue weighted by Gasteiger charge is 2.51. The summed E-state index contributed by atoms with van der Waals surface area (Å²) in [6.07, 6.45) is 0.798. The number of hydrogen-bond donors (Lipinski definition) is 0. The van der Waals surface area contributed by atoms with E-state index in [1.54, 1.807) is 7.05 Å². The quantitative estimate of drug-likeness (QED) is 0.427. The number of nitrogens with zero attached hydrogens (tertiary/aromatic N) is 1. The van der Waals surface area contributed by atoms with Crippen molar-refractivity contribution < 1.29 is 9.44 Å². The van der Waals surface area contributed by atoms with Crippen LogP contribution in [0, 0.1) is 5.21 Å². The zero-order valence-corrected chi connectivity index (χ0v) is 9.18. The predicted octanol–water partition coefficient (Wildman–Crippen LogP) is 1.85. The van der Waals surface area contributed by atoms with E-state index in [9.17, 15) is 10.0 Å². The summed E-state index contributed by atoms with van der Waals surface area (Å²) in [7, 11) is 1.67. The van der Waals surface area contributed by atoms with Crippen LogP contribution in [0.1, 0.15) is 40.5 Å². The van der Waals surface area contributed by atoms with E-state index in [0.29, 0.717) is 12.8 Å². The predicted molar refractivity (Wildman–Crippen MR) is 52.0 cm³/mol. The van der Waals surface area contributed by atoms with Gasteiger partial charge in [-0.25, -0.2) is 0 Å². The third kappa shape index (κ3) is 1.40. The fourth-order valence-electron chi connectivity index (χ4n) is 2.15. The molecule has 76 valence electrons. The summed E-state index contributed by atoms with van der Waals surface area (Å²) in [6.45, 7) is 7.50. The molecule has 0 aromatic heterocycles. The molecule has 0 aliphatic carbocycles. The maximum absolute atomic E-state index is 12.4. The number of rotatable bonds is 0. The van der Waals surface area contributed by atoms with Gasteiger partial charge in [-0.05, 0) is 27.7 Å². The zero-order chi connectivity index (χ0) is 10.5. The Morgan fingerprint density at radius 1 is 1.15 bits per heavy atom. The molecular formula is C10H19NO2. The lowest BCUT2D eigenvalue weighted by atomic mass is 9.79. The van der Waals surface area contributed by atoms with Crippen molar-refractivity contribution in [3.05, 3.63) is 5.21 Å². The molecule has 0 unspecified atom stereocenters. The van der Waals surface area contributed by atoms with Crippen LogP contribution in [0.4, 0.5) is 0 Å². The van der Waals surface area contributed by atoms with Crippen LogP contribution in [-0.2, 0) is 4.79 Å². The van der Waals surface area contributed by atoms with E-state index in [4.69, 9.17) is 0 Å². The average Bonchev–Trinajstić information content (AvgIpc) is 1.80. The second-order valence-corrected chi connectivity index (χ2v) is 5.44. The van der Waals surface area contributed by atoms with Crippen molar-refractivity contribution in [3.8, 4) is 0 Å². The molecule has 1 aliphatic heterocycles. The Balaban J connectivity index is 3.10. The molecule has 3 heteroatoms. The summed E-state index contributed by atoms with van der Waals surface area (Å²) in [4.78, 5) is 11.4. The molecule has 0 bridgehead atoms. The van der Waals surface area contributed by atoms with Crippen molar-refractivity contribution in [2.75, 3.05) is 7.05 Å². The number of carbonyl (C=O) groups is 1. The Hall–Kier alpha value is -0.410. The molecule has 1 saturated heterocycles. The van der Waals surface area contributed by atoms with Gasteiger partial charge in [0.15, 0.2) is 0 Å². The Kier molecular flexibility index (Phi) is 2.09. The number of likely N-dealkylation sites (tertiary alicyclic amines) is 1. The highest BCUT2D eigenvalue weighted by molar-refractivity contribution is 5.81. The zero-order valence-electron chi connectivity index (χ0n) is 9.18. The normalized spacial score (nSPS) is 30.2. The molecule has 0 radical (unpaired) electrons. The summed E-state index contributed by atoms with van der Waals surface area (Å²) in [5.41, 5.74) is -0.975. The molecule has 0 N–H and O–H groups in total. The molecule has 0 aromatic rings. The van der Waals surface area contributed by atoms with Crippen LogP contribution in [-0.4, -0.2) is 28.6 Å². The van der Waals surface area contributed by atoms with Gasteiger partial charge in [0.1, 0.15) is 16.9 Å². The van der Waals surface area contributed by atoms with Crippen LogP contribution in [0.5, 0.6) is 0 Å². The van der Waals surface area contributed by atoms with Crippen molar-refractivity contribution in [2.24, 2.45) is 0 Å². The van der Waals surface area contributed by atoms with E-state index in [0.717, 1.165) is 0 Å². The van der Waals surface area contributed by atoms with Gasteiger partial charge < -0.3 is 9.85 Å². The fourth-order valence-corrected chi connectivity index (χ4v) is 2.15. The second-order valence-electron chi connectivity index (χ2n) is 5.44. The first-order valence-electron chi connectivity index (χ1n) is 4.70. The van der Waals surface area contributed by atoms with Gasteiger partial charge in [0.25, 0.3) is 0 Å². The van der Waals surface area contributed by atoms with E-state index in [1.165, 1.54) is 0 Å². The molecule has 1 fully saturated rings. The standard InChI is InChI=1S/C10H19NO2/c1-9(2)6-8(12)7-10(3,4)11(9,5)13/h6-7H2,1-5H3. The van der Waals surface area contributed by atoms with Gasteiger partial charge in [0, 0.05) is 0 Å². The monoisotopic (exact) mass is 185 g/mol. The molecule has 1 heterocycles. The first kappa shape index (κ1) is 10.7. The Labute approximate surface area is 79.9 Å². The molecule has 0 saturated carbocycles. The highest BCUT2D eigenvalue weighted by atomic mass is 16.6. The van der Waals surface area contributed by atoms with E-state index < -0.39 is 11.1 Å². The van der Waals surface area contributed by atoms with Crippen LogP contribution in [0.2, 0.25) is 0 Å². The third-order valence-corrected chi connectivity index (χ3v) is 3.57. The van der Waals surface area contributed by atoms with Crippen LogP contribution < -0.4 is 0 Å². The Morgan fingerprint density at radius 3 is 1.77 bits per heavy atom. The average molecular weight is 185 g/mol. The smallest absolute Gasteiger partial charge is 0.145 e. The van der Waals surface area contributed by atoms with Crippen molar-refractivity contribution in [1.29, 1.82) is 0 Å². The van der Waals surface area contributed by atoms with Crippen molar-refractivity contribution in [1.82, 2.24) is 0 Å². The number of Topliss-reactive ketones (excluding diaryl/α,β-unsaturated/α-hetero) is 1. The lowest BCUT2D eigenvalue weighted by Crippen LogP contribution is -2.69. The minimum Gasteiger partial charge on any atom is -0.632 e. The van der Waals surface area contributed by atoms with Crippen LogP contribution in [0.3, 0.4) is 0 Å². The number of ketones is 1. The molecule has 0 aromatic carbocycles. The summed E-state index contributed by atoms with van der Waals surface area (Å²) >= 11 is 0. The first-order chi connectivity index (χ1) is 5.60. The molecular weight excluding hydrogens is 166 g/mol. The van der Waals surface area contributed by atoms with Crippen molar-refractivity contribution >= 4 is 5.78 Å². The number of hydrogen-bond acceptors (Lipinski definition) is 2. The van der Waals surface area contributed by atoms with Gasteiger partial charge in [-0.1, -0.05) is 0 Å². The van der Waals surface area contributed by atoms with Gasteiger partial charge in [0.05, 0.1) is 19.9 Å². The van der Waals surface area contributed by atoms with Gasteiger partial charge in [-0.15, -0.1) is 0 Å². The van der Waals surface area contributed by atoms with Gasteiger partial charge >= 0.3 is 0 Å². The van der Waals surface area contributed by atoms with E-state index in [1.807, 2.05) is 27.7 Å². The van der Waals surface area contributed by atoms with E-state index >= 15 is 0 Å². The molecule has 0 spiro atoms. The van der Waals surface area contributed by atoms with Crippen molar-refractivity contribution in [2.45, 2.75) is 51.6 Å². The molecule has 0 atom stereocenters. The number of carbonyl (C=O) groups excluding carboxylic acids is 1. The summed E-state index contributed by atoms with van der Waals surface area (Å²) in [5.74, 6) is 0.210. The van der Waals surface area contributed by atoms with Gasteiger partial charge in [-0.3, -0.25) is 4.79 Å². The van der Waals surface area contributed by atoms with Crippen LogP contribution in [0.25, 0.3) is 0 Å². The van der Waals surface area contributed by atoms with E-state index in [2.05, 4.69) is 0 Å². The Bertz CT molecular complexity index is 219. The second kappa shape index (κ2) is 2.55. The number of piperidine rings is 1. The highest BCUT2D eigenvalue weighted by Crippen LogP contribution is 2.41. The maximum atomic E-state index is 12.4. The maximum Gasteiger partial charge on any atom is 0.145 e. The third-order valence-electron chi connectivity index (χ3n) is 3.57. The molecule has 1 aliphatic rings. The molecule has 13 heavy (non-hydrogen) atoms. The van der Waals surface area contributed by atoms with Crippen molar-refractivity contribution in [3.63, 3.8) is 0 Å². The summed E-state index contributed by atoms with van der Waals surface area (Å²) < 4.78 is -0.328. The lowest BCUT2D eigenvalue weighted by Gasteiger charge is -2.62. The minimum atomic E-state index is -0.487. The number of hydroxylamine groups is 3. The molecule has 0 amide bonds. The Morgan fingerprint density at radius 2 is 1.46 bits per heavy atom. The SMILES string of the molecule is CC1(C)CC(=O)CC(C)(C)[N+]1(C)[O-]. The largest absolute Gasteiger partial charge is 0.632 e. The van der Waals surface area contributed by atoms with Crippen LogP contribution >= 0.6 is 0 Å². The summed E-state index contributed by atoms with van der Waals surface area (Å²) in [5, 5.41) is 12.4. The number of quaternary nitrogens is 1. The van der Waals surface area contributed by atoms with Gasteiger partial charge in [0.2, 0.25) is 0 Å².